The molecule has 0 N–H and O–H groups in total. The summed E-state index contributed by atoms with van der Waals surface area (Å²) in [6, 6.07) is 16.4. The Labute approximate surface area is 209 Å². The fraction of sp³-hybridized carbons (Fsp3) is 0.481. The van der Waals surface area contributed by atoms with E-state index in [1.54, 1.807) is 36.3 Å². The standard InChI is InChI=1S/C27H35N3O3.ClH/c1-33-25-13-11-23(12-14-25)27(32)30(24-9-3-2-4-10-24)21-26(31)29-19-17-28(18-20-29)16-15-22-7-5-6-8-22;/h2-4,9-14,22H,5-8,15-21H2,1H3;1H. The Kier molecular flexibility index (Phi) is 9.78. The number of anilines is 1. The molecule has 2 aromatic carbocycles. The van der Waals surface area contributed by atoms with Gasteiger partial charge in [-0.1, -0.05) is 43.9 Å². The maximum atomic E-state index is 13.3. The van der Waals surface area contributed by atoms with Crippen molar-refractivity contribution in [2.24, 2.45) is 5.92 Å². The first kappa shape index (κ1) is 26.0. The average molecular weight is 486 g/mol. The number of halogens is 1. The molecule has 184 valence electrons. The summed E-state index contributed by atoms with van der Waals surface area (Å²) in [6.07, 6.45) is 6.83. The lowest BCUT2D eigenvalue weighted by molar-refractivity contribution is -0.131. The van der Waals surface area contributed by atoms with Gasteiger partial charge in [-0.05, 0) is 55.3 Å². The van der Waals surface area contributed by atoms with Crippen molar-refractivity contribution in [2.75, 3.05) is 51.3 Å². The molecule has 0 unspecified atom stereocenters. The molecule has 2 aliphatic rings. The molecular weight excluding hydrogens is 450 g/mol. The number of amides is 2. The van der Waals surface area contributed by atoms with Gasteiger partial charge in [-0.15, -0.1) is 12.4 Å². The summed E-state index contributed by atoms with van der Waals surface area (Å²) < 4.78 is 5.20. The van der Waals surface area contributed by atoms with E-state index in [2.05, 4.69) is 4.90 Å². The number of carbonyl (C=O) groups excluding carboxylic acids is 2. The van der Waals surface area contributed by atoms with Crippen LogP contribution in [-0.4, -0.2) is 68.0 Å². The Hall–Kier alpha value is -2.57. The van der Waals surface area contributed by atoms with Crippen molar-refractivity contribution in [3.05, 3.63) is 60.2 Å². The SMILES string of the molecule is COc1ccc(C(=O)N(CC(=O)N2CCN(CCC3CCCC3)CC2)c2ccccc2)cc1.Cl. The smallest absolute Gasteiger partial charge is 0.258 e. The Bertz CT molecular complexity index is 908. The molecule has 2 amide bonds. The van der Waals surface area contributed by atoms with Crippen LogP contribution in [-0.2, 0) is 4.79 Å². The molecule has 1 heterocycles. The van der Waals surface area contributed by atoms with Crippen molar-refractivity contribution >= 4 is 29.9 Å². The number of benzene rings is 2. The van der Waals surface area contributed by atoms with E-state index in [0.717, 1.165) is 44.3 Å². The number of methoxy groups -OCH3 is 1. The minimum atomic E-state index is -0.188. The van der Waals surface area contributed by atoms with E-state index in [1.165, 1.54) is 32.1 Å². The van der Waals surface area contributed by atoms with E-state index >= 15 is 0 Å². The lowest BCUT2D eigenvalue weighted by atomic mass is 10.0. The largest absolute Gasteiger partial charge is 0.497 e. The van der Waals surface area contributed by atoms with E-state index < -0.39 is 0 Å². The van der Waals surface area contributed by atoms with E-state index in [1.807, 2.05) is 35.2 Å². The number of carbonyl (C=O) groups is 2. The van der Waals surface area contributed by atoms with Gasteiger partial charge in [0.15, 0.2) is 0 Å². The molecule has 1 saturated carbocycles. The highest BCUT2D eigenvalue weighted by Gasteiger charge is 2.26. The van der Waals surface area contributed by atoms with Gasteiger partial charge in [0, 0.05) is 37.4 Å². The molecule has 1 saturated heterocycles. The number of piperazine rings is 1. The summed E-state index contributed by atoms with van der Waals surface area (Å²) in [7, 11) is 1.60. The molecule has 7 heteroatoms. The van der Waals surface area contributed by atoms with E-state index in [-0.39, 0.29) is 30.8 Å². The molecule has 0 atom stereocenters. The highest BCUT2D eigenvalue weighted by molar-refractivity contribution is 6.08. The molecule has 2 fully saturated rings. The van der Waals surface area contributed by atoms with Gasteiger partial charge in [0.05, 0.1) is 7.11 Å². The number of ether oxygens (including phenoxy) is 1. The third kappa shape index (κ3) is 6.73. The first-order chi connectivity index (χ1) is 16.1. The molecule has 6 nitrogen and oxygen atoms in total. The second-order valence-corrected chi connectivity index (χ2v) is 9.12. The van der Waals surface area contributed by atoms with Crippen LogP contribution in [0.2, 0.25) is 0 Å². The normalized spacial score (nSPS) is 16.7. The van der Waals surface area contributed by atoms with Crippen LogP contribution in [0.4, 0.5) is 5.69 Å². The molecule has 0 bridgehead atoms. The van der Waals surface area contributed by atoms with Gasteiger partial charge >= 0.3 is 0 Å². The Balaban J connectivity index is 0.00000324. The predicted molar refractivity (Wildman–Crippen MR) is 138 cm³/mol. The molecule has 4 rings (SSSR count). The van der Waals surface area contributed by atoms with Crippen molar-refractivity contribution < 1.29 is 14.3 Å². The van der Waals surface area contributed by atoms with Crippen molar-refractivity contribution in [2.45, 2.75) is 32.1 Å². The van der Waals surface area contributed by atoms with Gasteiger partial charge < -0.3 is 9.64 Å². The minimum Gasteiger partial charge on any atom is -0.497 e. The molecule has 0 spiro atoms. The van der Waals surface area contributed by atoms with Gasteiger partial charge in [-0.25, -0.2) is 0 Å². The second-order valence-electron chi connectivity index (χ2n) is 9.12. The maximum absolute atomic E-state index is 13.3. The predicted octanol–water partition coefficient (Wildman–Crippen LogP) is 4.49. The molecule has 34 heavy (non-hydrogen) atoms. The zero-order valence-corrected chi connectivity index (χ0v) is 20.8. The Morgan fingerprint density at radius 2 is 1.59 bits per heavy atom. The lowest BCUT2D eigenvalue weighted by Gasteiger charge is -2.36. The van der Waals surface area contributed by atoms with Crippen LogP contribution in [0.15, 0.2) is 54.6 Å². The molecule has 1 aliphatic heterocycles. The van der Waals surface area contributed by atoms with Crippen molar-refractivity contribution in [1.82, 2.24) is 9.80 Å². The zero-order chi connectivity index (χ0) is 23.0. The summed E-state index contributed by atoms with van der Waals surface area (Å²) in [4.78, 5) is 32.5. The first-order valence-corrected chi connectivity index (χ1v) is 12.1. The fourth-order valence-corrected chi connectivity index (χ4v) is 4.90. The summed E-state index contributed by atoms with van der Waals surface area (Å²) >= 11 is 0. The summed E-state index contributed by atoms with van der Waals surface area (Å²) in [5, 5.41) is 0. The molecule has 2 aromatic rings. The highest BCUT2D eigenvalue weighted by atomic mass is 35.5. The number of nitrogens with zero attached hydrogens (tertiary/aromatic N) is 3. The van der Waals surface area contributed by atoms with Gasteiger partial charge in [0.1, 0.15) is 12.3 Å². The number of hydrogen-bond acceptors (Lipinski definition) is 4. The van der Waals surface area contributed by atoms with Crippen molar-refractivity contribution in [3.63, 3.8) is 0 Å². The summed E-state index contributed by atoms with van der Waals surface area (Å²) in [6.45, 7) is 4.45. The third-order valence-corrected chi connectivity index (χ3v) is 7.00. The van der Waals surface area contributed by atoms with Gasteiger partial charge in [-0.2, -0.15) is 0 Å². The van der Waals surface area contributed by atoms with Gasteiger partial charge in [-0.3, -0.25) is 19.4 Å². The quantitative estimate of drug-likeness (QED) is 0.553. The lowest BCUT2D eigenvalue weighted by Crippen LogP contribution is -2.52. The van der Waals surface area contributed by atoms with Gasteiger partial charge in [0.25, 0.3) is 5.91 Å². The zero-order valence-electron chi connectivity index (χ0n) is 20.0. The van der Waals surface area contributed by atoms with Crippen molar-refractivity contribution in [1.29, 1.82) is 0 Å². The molecular formula is C27H36ClN3O3. The second kappa shape index (κ2) is 12.8. The Morgan fingerprint density at radius 1 is 0.941 bits per heavy atom. The van der Waals surface area contributed by atoms with Crippen LogP contribution < -0.4 is 9.64 Å². The Morgan fingerprint density at radius 3 is 2.21 bits per heavy atom. The summed E-state index contributed by atoms with van der Waals surface area (Å²) in [5.74, 6) is 1.40. The highest BCUT2D eigenvalue weighted by Crippen LogP contribution is 2.27. The number of rotatable bonds is 8. The first-order valence-electron chi connectivity index (χ1n) is 12.1. The summed E-state index contributed by atoms with van der Waals surface area (Å²) in [5.41, 5.74) is 1.26. The monoisotopic (exact) mass is 485 g/mol. The number of para-hydroxylation sites is 1. The van der Waals surface area contributed by atoms with Crippen LogP contribution >= 0.6 is 12.4 Å². The molecule has 1 aliphatic carbocycles. The van der Waals surface area contributed by atoms with Crippen LogP contribution in [0.25, 0.3) is 0 Å². The molecule has 0 radical (unpaired) electrons. The van der Waals surface area contributed by atoms with Gasteiger partial charge in [0.2, 0.25) is 5.91 Å². The average Bonchev–Trinajstić information content (AvgIpc) is 3.40. The van der Waals surface area contributed by atoms with Crippen LogP contribution in [0.3, 0.4) is 0 Å². The van der Waals surface area contributed by atoms with Crippen LogP contribution in [0.1, 0.15) is 42.5 Å². The maximum Gasteiger partial charge on any atom is 0.258 e. The van der Waals surface area contributed by atoms with E-state index in [0.29, 0.717) is 11.3 Å². The fourth-order valence-electron chi connectivity index (χ4n) is 4.90. The van der Waals surface area contributed by atoms with Crippen LogP contribution in [0, 0.1) is 5.92 Å². The topological polar surface area (TPSA) is 53.1 Å². The van der Waals surface area contributed by atoms with E-state index in [4.69, 9.17) is 4.74 Å². The minimum absolute atomic E-state index is 0. The van der Waals surface area contributed by atoms with Crippen LogP contribution in [0.5, 0.6) is 5.75 Å². The third-order valence-electron chi connectivity index (χ3n) is 7.00. The number of hydrogen-bond donors (Lipinski definition) is 0. The van der Waals surface area contributed by atoms with E-state index in [9.17, 15) is 9.59 Å². The van der Waals surface area contributed by atoms with Crippen molar-refractivity contribution in [3.8, 4) is 5.75 Å². The molecule has 0 aromatic heterocycles.